The molecule has 0 aliphatic heterocycles. The van der Waals surface area contributed by atoms with E-state index in [-0.39, 0.29) is 17.7 Å². The first kappa shape index (κ1) is 21.0. The molecule has 4 aromatic rings. The Morgan fingerprint density at radius 3 is 2.70 bits per heavy atom. The van der Waals surface area contributed by atoms with Crippen LogP contribution in [0, 0.1) is 0 Å². The van der Waals surface area contributed by atoms with Gasteiger partial charge in [-0.15, -0.1) is 32.9 Å². The molecule has 0 bridgehead atoms. The fourth-order valence-corrected chi connectivity index (χ4v) is 5.22. The molecule has 0 saturated heterocycles. The summed E-state index contributed by atoms with van der Waals surface area (Å²) < 4.78 is 2.06. The van der Waals surface area contributed by atoms with Crippen LogP contribution in [0.1, 0.15) is 19.9 Å². The number of amides is 1. The van der Waals surface area contributed by atoms with Crippen molar-refractivity contribution in [2.75, 3.05) is 11.1 Å². The molecule has 1 aromatic carbocycles. The van der Waals surface area contributed by atoms with Gasteiger partial charge < -0.3 is 5.32 Å². The Kier molecular flexibility index (Phi) is 6.52. The lowest BCUT2D eigenvalue weighted by molar-refractivity contribution is -0.113. The van der Waals surface area contributed by atoms with Gasteiger partial charge in [0.1, 0.15) is 0 Å². The molecular weight excluding hydrogens is 458 g/mol. The lowest BCUT2D eigenvalue weighted by Gasteiger charge is -2.12. The fourth-order valence-electron chi connectivity index (χ4n) is 2.78. The van der Waals surface area contributed by atoms with Crippen molar-refractivity contribution in [1.29, 1.82) is 0 Å². The summed E-state index contributed by atoms with van der Waals surface area (Å²) in [5.74, 6) is 0.925. The number of carbonyl (C=O) groups excluding carboxylic acids is 1. The maximum Gasteiger partial charge on any atom is 0.236 e. The Morgan fingerprint density at radius 1 is 1.20 bits per heavy atom. The van der Waals surface area contributed by atoms with Crippen molar-refractivity contribution in [3.63, 3.8) is 0 Å². The summed E-state index contributed by atoms with van der Waals surface area (Å²) in [6.07, 6.45) is 0. The number of benzene rings is 1. The average molecular weight is 476 g/mol. The molecule has 3 heterocycles. The Balaban J connectivity index is 1.40. The lowest BCUT2D eigenvalue weighted by Crippen LogP contribution is -2.14. The Bertz CT molecular complexity index is 1140. The molecule has 154 valence electrons. The molecular formula is C20H18ClN5OS3. The first-order chi connectivity index (χ1) is 14.5. The van der Waals surface area contributed by atoms with Crippen LogP contribution in [0.5, 0.6) is 0 Å². The van der Waals surface area contributed by atoms with Crippen LogP contribution < -0.4 is 5.32 Å². The van der Waals surface area contributed by atoms with Gasteiger partial charge >= 0.3 is 0 Å². The summed E-state index contributed by atoms with van der Waals surface area (Å²) in [4.78, 5) is 18.0. The van der Waals surface area contributed by atoms with Crippen molar-refractivity contribution in [3.8, 4) is 22.0 Å². The highest BCUT2D eigenvalue weighted by atomic mass is 35.5. The first-order valence-electron chi connectivity index (χ1n) is 9.14. The molecule has 0 radical (unpaired) electrons. The number of halogens is 1. The minimum absolute atomic E-state index is 0.131. The van der Waals surface area contributed by atoms with Gasteiger partial charge in [0.05, 0.1) is 16.3 Å². The van der Waals surface area contributed by atoms with Gasteiger partial charge in [0.15, 0.2) is 16.1 Å². The minimum atomic E-state index is -0.131. The maximum absolute atomic E-state index is 12.5. The molecule has 6 nitrogen and oxygen atoms in total. The van der Waals surface area contributed by atoms with Gasteiger partial charge in [-0.2, -0.15) is 0 Å². The van der Waals surface area contributed by atoms with Crippen LogP contribution in [0.4, 0.5) is 5.13 Å². The van der Waals surface area contributed by atoms with E-state index in [1.54, 1.807) is 11.3 Å². The molecule has 0 aliphatic carbocycles. The third kappa shape index (κ3) is 4.75. The van der Waals surface area contributed by atoms with Gasteiger partial charge in [-0.3, -0.25) is 9.36 Å². The van der Waals surface area contributed by atoms with E-state index < -0.39 is 0 Å². The van der Waals surface area contributed by atoms with Crippen LogP contribution in [0.15, 0.2) is 52.3 Å². The molecule has 0 atom stereocenters. The number of nitrogens with one attached hydrogen (secondary N) is 1. The molecule has 0 fully saturated rings. The van der Waals surface area contributed by atoms with Crippen LogP contribution in [0.25, 0.3) is 22.0 Å². The summed E-state index contributed by atoms with van der Waals surface area (Å²) in [5.41, 5.74) is 1.76. The molecule has 4 rings (SSSR count). The Hall–Kier alpha value is -2.20. The second-order valence-corrected chi connectivity index (χ2v) is 9.81. The van der Waals surface area contributed by atoms with E-state index in [4.69, 9.17) is 11.6 Å². The van der Waals surface area contributed by atoms with E-state index in [9.17, 15) is 4.79 Å². The summed E-state index contributed by atoms with van der Waals surface area (Å²) in [6, 6.07) is 11.6. The predicted molar refractivity (Wildman–Crippen MR) is 126 cm³/mol. The minimum Gasteiger partial charge on any atom is -0.301 e. The van der Waals surface area contributed by atoms with Gasteiger partial charge in [0, 0.05) is 22.0 Å². The van der Waals surface area contributed by atoms with E-state index in [1.807, 2.05) is 47.2 Å². The van der Waals surface area contributed by atoms with Crippen molar-refractivity contribution in [3.05, 3.63) is 52.2 Å². The third-order valence-electron chi connectivity index (χ3n) is 4.15. The first-order valence-corrected chi connectivity index (χ1v) is 12.3. The molecule has 0 saturated carbocycles. The normalized spacial score (nSPS) is 11.2. The maximum atomic E-state index is 12.5. The SMILES string of the molecule is CC(C)n1c(SCC(=O)Nc2nc(-c3ccc(Cl)cc3)cs2)nnc1-c1cccs1. The quantitative estimate of drug-likeness (QED) is 0.327. The zero-order chi connectivity index (χ0) is 21.1. The highest BCUT2D eigenvalue weighted by Gasteiger charge is 2.18. The monoisotopic (exact) mass is 475 g/mol. The van der Waals surface area contributed by atoms with Crippen molar-refractivity contribution in [2.45, 2.75) is 25.0 Å². The smallest absolute Gasteiger partial charge is 0.236 e. The van der Waals surface area contributed by atoms with Crippen molar-refractivity contribution in [1.82, 2.24) is 19.7 Å². The molecule has 1 N–H and O–H groups in total. The molecule has 0 unspecified atom stereocenters. The van der Waals surface area contributed by atoms with E-state index in [0.717, 1.165) is 27.1 Å². The standard InChI is InChI=1S/C20H18ClN5OS3/c1-12(2)26-18(16-4-3-9-28-16)24-25-20(26)30-11-17(27)23-19-22-15(10-29-19)13-5-7-14(21)8-6-13/h3-10,12H,11H2,1-2H3,(H,22,23,27). The summed E-state index contributed by atoms with van der Waals surface area (Å²) in [5, 5.41) is 17.4. The molecule has 1 amide bonds. The van der Waals surface area contributed by atoms with Gasteiger partial charge in [-0.1, -0.05) is 41.6 Å². The average Bonchev–Trinajstić information content (AvgIpc) is 3.47. The van der Waals surface area contributed by atoms with E-state index in [1.165, 1.54) is 23.1 Å². The second kappa shape index (κ2) is 9.30. The van der Waals surface area contributed by atoms with Crippen LogP contribution in [-0.2, 0) is 4.79 Å². The summed E-state index contributed by atoms with van der Waals surface area (Å²) in [7, 11) is 0. The van der Waals surface area contributed by atoms with Crippen molar-refractivity contribution >= 4 is 57.1 Å². The zero-order valence-electron chi connectivity index (χ0n) is 16.2. The number of rotatable bonds is 7. The third-order valence-corrected chi connectivity index (χ3v) is 6.96. The van der Waals surface area contributed by atoms with Crippen LogP contribution in [0.2, 0.25) is 5.02 Å². The van der Waals surface area contributed by atoms with Gasteiger partial charge in [-0.05, 0) is 37.4 Å². The second-order valence-electron chi connectivity index (χ2n) is 6.63. The molecule has 30 heavy (non-hydrogen) atoms. The highest BCUT2D eigenvalue weighted by Crippen LogP contribution is 2.30. The van der Waals surface area contributed by atoms with Crippen molar-refractivity contribution < 1.29 is 4.79 Å². The lowest BCUT2D eigenvalue weighted by atomic mass is 10.2. The molecule has 10 heteroatoms. The van der Waals surface area contributed by atoms with Gasteiger partial charge in [0.2, 0.25) is 5.91 Å². The number of hydrogen-bond donors (Lipinski definition) is 1. The Labute approximate surface area is 191 Å². The number of hydrogen-bond acceptors (Lipinski definition) is 7. The predicted octanol–water partition coefficient (Wildman–Crippen LogP) is 6.10. The summed E-state index contributed by atoms with van der Waals surface area (Å²) >= 11 is 10.3. The number of carbonyl (C=O) groups is 1. The number of thioether (sulfide) groups is 1. The topological polar surface area (TPSA) is 72.7 Å². The van der Waals surface area contributed by atoms with Crippen molar-refractivity contribution in [2.24, 2.45) is 0 Å². The Morgan fingerprint density at radius 2 is 2.00 bits per heavy atom. The number of anilines is 1. The van der Waals surface area contributed by atoms with Crippen LogP contribution in [-0.4, -0.2) is 31.4 Å². The highest BCUT2D eigenvalue weighted by molar-refractivity contribution is 7.99. The van der Waals surface area contributed by atoms with E-state index >= 15 is 0 Å². The van der Waals surface area contributed by atoms with E-state index in [0.29, 0.717) is 10.2 Å². The summed E-state index contributed by atoms with van der Waals surface area (Å²) in [6.45, 7) is 4.16. The fraction of sp³-hybridized carbons (Fsp3) is 0.200. The number of thiophene rings is 1. The number of nitrogens with zero attached hydrogens (tertiary/aromatic N) is 4. The zero-order valence-corrected chi connectivity index (χ0v) is 19.4. The number of aromatic nitrogens is 4. The van der Waals surface area contributed by atoms with Gasteiger partial charge in [-0.25, -0.2) is 4.98 Å². The van der Waals surface area contributed by atoms with E-state index in [2.05, 4.69) is 38.9 Å². The number of thiazole rings is 1. The molecule has 3 aromatic heterocycles. The van der Waals surface area contributed by atoms with Crippen LogP contribution in [0.3, 0.4) is 0 Å². The molecule has 0 aliphatic rings. The van der Waals surface area contributed by atoms with Crippen LogP contribution >= 0.6 is 46.0 Å². The van der Waals surface area contributed by atoms with Gasteiger partial charge in [0.25, 0.3) is 0 Å². The largest absolute Gasteiger partial charge is 0.301 e. The molecule has 0 spiro atoms.